The van der Waals surface area contributed by atoms with Crippen molar-refractivity contribution in [1.82, 2.24) is 4.98 Å². The summed E-state index contributed by atoms with van der Waals surface area (Å²) >= 11 is 11.9. The number of hydrogen-bond donors (Lipinski definition) is 1. The van der Waals surface area contributed by atoms with Crippen molar-refractivity contribution in [3.05, 3.63) is 58.4 Å². The van der Waals surface area contributed by atoms with E-state index in [0.717, 1.165) is 0 Å². The summed E-state index contributed by atoms with van der Waals surface area (Å²) in [4.78, 5) is 29.9. The Morgan fingerprint density at radius 1 is 1.18 bits per heavy atom. The number of nitrogens with one attached hydrogen (secondary N) is 1. The molecule has 1 N–H and O–H groups in total. The van der Waals surface area contributed by atoms with Crippen molar-refractivity contribution in [1.29, 1.82) is 0 Å². The number of nitrogens with zero attached hydrogens (tertiary/aromatic N) is 2. The van der Waals surface area contributed by atoms with E-state index < -0.39 is 5.91 Å². The van der Waals surface area contributed by atoms with Crippen LogP contribution in [0.5, 0.6) is 5.75 Å². The van der Waals surface area contributed by atoms with E-state index in [2.05, 4.69) is 10.3 Å². The Kier molecular flexibility index (Phi) is 4.70. The third-order valence-corrected chi connectivity index (χ3v) is 4.95. The molecule has 0 radical (unpaired) electrons. The fraction of sp³-hybridized carbons (Fsp3) is 0.105. The molecule has 0 atom stereocenters. The van der Waals surface area contributed by atoms with Gasteiger partial charge in [-0.15, -0.1) is 0 Å². The highest BCUT2D eigenvalue weighted by molar-refractivity contribution is 6.42. The number of ether oxygens (including phenoxy) is 1. The second-order valence-electron chi connectivity index (χ2n) is 6.04. The fourth-order valence-corrected chi connectivity index (χ4v) is 2.98. The van der Waals surface area contributed by atoms with Crippen LogP contribution in [0, 0.1) is 0 Å². The highest BCUT2D eigenvalue weighted by atomic mass is 35.5. The van der Waals surface area contributed by atoms with Crippen molar-refractivity contribution in [3.8, 4) is 17.2 Å². The predicted octanol–water partition coefficient (Wildman–Crippen LogP) is 4.26. The molecule has 1 aliphatic heterocycles. The van der Waals surface area contributed by atoms with Crippen LogP contribution in [0.4, 0.5) is 11.4 Å². The van der Waals surface area contributed by atoms with E-state index in [1.54, 1.807) is 43.4 Å². The van der Waals surface area contributed by atoms with Gasteiger partial charge in [-0.1, -0.05) is 23.2 Å². The van der Waals surface area contributed by atoms with Crippen molar-refractivity contribution < 1.29 is 18.7 Å². The normalized spacial score (nSPS) is 13.1. The monoisotopic (exact) mass is 417 g/mol. The molecule has 2 aromatic carbocycles. The molecule has 3 aromatic rings. The number of rotatable bonds is 3. The summed E-state index contributed by atoms with van der Waals surface area (Å²) in [7, 11) is 1.65. The molecule has 0 fully saturated rings. The highest BCUT2D eigenvalue weighted by Crippen LogP contribution is 2.34. The Balaban J connectivity index is 1.54. The van der Waals surface area contributed by atoms with Crippen LogP contribution >= 0.6 is 23.2 Å². The summed E-state index contributed by atoms with van der Waals surface area (Å²) in [6, 6.07) is 9.95. The largest absolute Gasteiger partial charge is 0.482 e. The molecule has 4 rings (SSSR count). The zero-order valence-electron chi connectivity index (χ0n) is 14.5. The number of carbonyl (C=O) groups excluding carboxylic acids is 2. The number of carbonyl (C=O) groups is 2. The minimum absolute atomic E-state index is 0.00830. The lowest BCUT2D eigenvalue weighted by atomic mass is 10.2. The lowest BCUT2D eigenvalue weighted by molar-refractivity contribution is -0.120. The lowest BCUT2D eigenvalue weighted by Crippen LogP contribution is -2.35. The van der Waals surface area contributed by atoms with Gasteiger partial charge in [-0.3, -0.25) is 9.59 Å². The molecule has 28 heavy (non-hydrogen) atoms. The smallest absolute Gasteiger partial charge is 0.277 e. The van der Waals surface area contributed by atoms with Gasteiger partial charge >= 0.3 is 0 Å². The van der Waals surface area contributed by atoms with E-state index in [0.29, 0.717) is 32.7 Å². The van der Waals surface area contributed by atoms with Gasteiger partial charge in [0.15, 0.2) is 12.3 Å². The summed E-state index contributed by atoms with van der Waals surface area (Å²) in [5.74, 6) is 0.191. The third kappa shape index (κ3) is 3.42. The van der Waals surface area contributed by atoms with Crippen molar-refractivity contribution in [3.63, 3.8) is 0 Å². The Morgan fingerprint density at radius 2 is 2.00 bits per heavy atom. The number of likely N-dealkylation sites (N-methyl/N-ethyl adjacent to an activating group) is 1. The van der Waals surface area contributed by atoms with E-state index in [1.807, 2.05) is 0 Å². The molecule has 1 aromatic heterocycles. The summed E-state index contributed by atoms with van der Waals surface area (Å²) < 4.78 is 10.7. The van der Waals surface area contributed by atoms with Crippen LogP contribution in [0.25, 0.3) is 11.5 Å². The van der Waals surface area contributed by atoms with Crippen molar-refractivity contribution in [2.24, 2.45) is 0 Å². The predicted molar refractivity (Wildman–Crippen MR) is 105 cm³/mol. The Hall–Kier alpha value is -3.03. The molecule has 0 saturated heterocycles. The van der Waals surface area contributed by atoms with Gasteiger partial charge in [0.25, 0.3) is 11.8 Å². The van der Waals surface area contributed by atoms with Crippen molar-refractivity contribution in [2.45, 2.75) is 0 Å². The Morgan fingerprint density at radius 3 is 2.79 bits per heavy atom. The first-order valence-electron chi connectivity index (χ1n) is 8.18. The number of halogens is 2. The first-order chi connectivity index (χ1) is 13.4. The zero-order valence-corrected chi connectivity index (χ0v) is 16.0. The maximum atomic E-state index is 12.5. The lowest BCUT2D eigenvalue weighted by Gasteiger charge is -2.26. The van der Waals surface area contributed by atoms with E-state index in [4.69, 9.17) is 32.4 Å². The molecule has 2 heterocycles. The van der Waals surface area contributed by atoms with Gasteiger partial charge < -0.3 is 19.4 Å². The van der Waals surface area contributed by atoms with Crippen LogP contribution in [-0.4, -0.2) is 30.5 Å². The molecule has 0 bridgehead atoms. The molecular weight excluding hydrogens is 405 g/mol. The average Bonchev–Trinajstić information content (AvgIpc) is 3.18. The van der Waals surface area contributed by atoms with Crippen molar-refractivity contribution in [2.75, 3.05) is 23.9 Å². The van der Waals surface area contributed by atoms with E-state index in [9.17, 15) is 9.59 Å². The van der Waals surface area contributed by atoms with Crippen LogP contribution in [0.2, 0.25) is 10.0 Å². The molecule has 142 valence electrons. The topological polar surface area (TPSA) is 84.7 Å². The van der Waals surface area contributed by atoms with Crippen LogP contribution in [0.3, 0.4) is 0 Å². The van der Waals surface area contributed by atoms with Gasteiger partial charge in [0.2, 0.25) is 5.89 Å². The maximum Gasteiger partial charge on any atom is 0.277 e. The summed E-state index contributed by atoms with van der Waals surface area (Å²) in [6.07, 6.45) is 1.25. The summed E-state index contributed by atoms with van der Waals surface area (Å²) in [6.45, 7) is -0.00830. The minimum atomic E-state index is -0.458. The SMILES string of the molecule is CN1C(=O)COc2ccc(NC(=O)c3coc(-c4ccc(Cl)c(Cl)c4)n3)cc21. The molecule has 0 saturated carbocycles. The number of benzene rings is 2. The zero-order chi connectivity index (χ0) is 19.8. The number of amides is 2. The van der Waals surface area contributed by atoms with Gasteiger partial charge in [-0.2, -0.15) is 0 Å². The van der Waals surface area contributed by atoms with Gasteiger partial charge in [-0.25, -0.2) is 4.98 Å². The maximum absolute atomic E-state index is 12.5. The molecule has 0 spiro atoms. The summed E-state index contributed by atoms with van der Waals surface area (Å²) in [5.41, 5.74) is 1.76. The van der Waals surface area contributed by atoms with Gasteiger partial charge in [-0.05, 0) is 36.4 Å². The molecular formula is C19H13Cl2N3O4. The summed E-state index contributed by atoms with van der Waals surface area (Å²) in [5, 5.41) is 3.50. The molecule has 9 heteroatoms. The molecule has 1 aliphatic rings. The van der Waals surface area contributed by atoms with Crippen LogP contribution in [-0.2, 0) is 4.79 Å². The second-order valence-corrected chi connectivity index (χ2v) is 6.86. The second kappa shape index (κ2) is 7.18. The quantitative estimate of drug-likeness (QED) is 0.687. The standard InChI is InChI=1S/C19H13Cl2N3O4/c1-24-15-7-11(3-5-16(15)27-9-17(24)25)22-18(26)14-8-28-19(23-14)10-2-4-12(20)13(21)6-10/h2-8H,9H2,1H3,(H,22,26). The van der Waals surface area contributed by atoms with Gasteiger partial charge in [0.05, 0.1) is 15.7 Å². The van der Waals surface area contributed by atoms with Crippen molar-refractivity contribution >= 4 is 46.4 Å². The number of anilines is 2. The number of oxazole rings is 1. The van der Waals surface area contributed by atoms with Gasteiger partial charge in [0, 0.05) is 18.3 Å². The first kappa shape index (κ1) is 18.3. The highest BCUT2D eigenvalue weighted by Gasteiger charge is 2.23. The number of hydrogen-bond acceptors (Lipinski definition) is 5. The molecule has 7 nitrogen and oxygen atoms in total. The van der Waals surface area contributed by atoms with E-state index >= 15 is 0 Å². The number of fused-ring (bicyclic) bond motifs is 1. The first-order valence-corrected chi connectivity index (χ1v) is 8.93. The van der Waals surface area contributed by atoms with Crippen LogP contribution in [0.15, 0.2) is 47.1 Å². The fourth-order valence-electron chi connectivity index (χ4n) is 2.68. The third-order valence-electron chi connectivity index (χ3n) is 4.21. The van der Waals surface area contributed by atoms with Crippen LogP contribution in [0.1, 0.15) is 10.5 Å². The number of aromatic nitrogens is 1. The van der Waals surface area contributed by atoms with E-state index in [-0.39, 0.29) is 24.1 Å². The Labute approximate surface area is 169 Å². The minimum Gasteiger partial charge on any atom is -0.482 e. The molecule has 0 aliphatic carbocycles. The molecule has 2 amide bonds. The van der Waals surface area contributed by atoms with Crippen LogP contribution < -0.4 is 15.0 Å². The Bertz CT molecular complexity index is 1100. The van der Waals surface area contributed by atoms with Gasteiger partial charge in [0.1, 0.15) is 12.0 Å². The average molecular weight is 418 g/mol. The molecule has 0 unspecified atom stereocenters. The van der Waals surface area contributed by atoms with E-state index in [1.165, 1.54) is 11.2 Å².